The van der Waals surface area contributed by atoms with Gasteiger partial charge in [0.2, 0.25) is 11.8 Å². The number of carboxylic acid groups (broad SMARTS) is 1. The number of rotatable bonds is 6. The molecule has 0 aromatic heterocycles. The van der Waals surface area contributed by atoms with E-state index in [2.05, 4.69) is 0 Å². The van der Waals surface area contributed by atoms with Gasteiger partial charge in [0.1, 0.15) is 6.54 Å². The lowest BCUT2D eigenvalue weighted by atomic mass is 10.1. The molecule has 0 saturated carbocycles. The molecule has 0 aliphatic carbocycles. The minimum absolute atomic E-state index is 0.0638. The van der Waals surface area contributed by atoms with Crippen LogP contribution in [-0.4, -0.2) is 52.3 Å². The first-order valence-electron chi connectivity index (χ1n) is 7.79. The summed E-state index contributed by atoms with van der Waals surface area (Å²) in [6.07, 6.45) is 0.145. The van der Waals surface area contributed by atoms with Gasteiger partial charge in [-0.2, -0.15) is 0 Å². The van der Waals surface area contributed by atoms with Crippen LogP contribution in [0.5, 0.6) is 0 Å². The van der Waals surface area contributed by atoms with Crippen molar-refractivity contribution in [2.45, 2.75) is 26.3 Å². The summed E-state index contributed by atoms with van der Waals surface area (Å²) >= 11 is 0. The Kier molecular flexibility index (Phi) is 5.36. The third kappa shape index (κ3) is 3.88. The maximum atomic E-state index is 12.4. The number of hydrogen-bond acceptors (Lipinski definition) is 3. The van der Waals surface area contributed by atoms with E-state index in [-0.39, 0.29) is 30.8 Å². The van der Waals surface area contributed by atoms with Crippen molar-refractivity contribution in [2.24, 2.45) is 5.92 Å². The molecule has 1 N–H and O–H groups in total. The summed E-state index contributed by atoms with van der Waals surface area (Å²) in [5.41, 5.74) is 1.02. The Morgan fingerprint density at radius 1 is 1.35 bits per heavy atom. The number of carbonyl (C=O) groups is 3. The average molecular weight is 318 g/mol. The molecule has 0 radical (unpaired) electrons. The SMILES string of the molecule is CCN(CC(=O)O)C(=O)C1CC(=O)N(C(C)c2ccccc2)C1. The minimum Gasteiger partial charge on any atom is -0.480 e. The third-order valence-electron chi connectivity index (χ3n) is 4.28. The van der Waals surface area contributed by atoms with Crippen LogP contribution in [0.25, 0.3) is 0 Å². The predicted octanol–water partition coefficient (Wildman–Crippen LogP) is 1.53. The van der Waals surface area contributed by atoms with Gasteiger partial charge in [0.15, 0.2) is 0 Å². The van der Waals surface area contributed by atoms with Crippen LogP contribution in [0.3, 0.4) is 0 Å². The molecule has 2 atom stereocenters. The Morgan fingerprint density at radius 2 is 2.00 bits per heavy atom. The van der Waals surface area contributed by atoms with Crippen molar-refractivity contribution in [3.8, 4) is 0 Å². The Hall–Kier alpha value is -2.37. The Bertz CT molecular complexity index is 588. The molecular formula is C17H22N2O4. The molecular weight excluding hydrogens is 296 g/mol. The largest absolute Gasteiger partial charge is 0.480 e. The molecule has 1 aromatic rings. The standard InChI is InChI=1S/C17H22N2O4/c1-3-18(11-16(21)22)17(23)14-9-15(20)19(10-14)12(2)13-7-5-4-6-8-13/h4-8,12,14H,3,9-11H2,1-2H3,(H,21,22). The number of benzene rings is 1. The van der Waals surface area contributed by atoms with Gasteiger partial charge in [-0.05, 0) is 19.4 Å². The summed E-state index contributed by atoms with van der Waals surface area (Å²) in [6, 6.07) is 9.56. The maximum Gasteiger partial charge on any atom is 0.323 e. The van der Waals surface area contributed by atoms with Crippen molar-refractivity contribution in [3.63, 3.8) is 0 Å². The molecule has 1 aromatic carbocycles. The second kappa shape index (κ2) is 7.26. The van der Waals surface area contributed by atoms with Crippen molar-refractivity contribution in [1.82, 2.24) is 9.80 Å². The molecule has 124 valence electrons. The summed E-state index contributed by atoms with van der Waals surface area (Å²) in [7, 11) is 0. The van der Waals surface area contributed by atoms with Crippen LogP contribution in [0, 0.1) is 5.92 Å². The Morgan fingerprint density at radius 3 is 2.57 bits per heavy atom. The van der Waals surface area contributed by atoms with Gasteiger partial charge in [-0.25, -0.2) is 0 Å². The fourth-order valence-electron chi connectivity index (χ4n) is 2.95. The molecule has 6 heteroatoms. The molecule has 1 fully saturated rings. The predicted molar refractivity (Wildman–Crippen MR) is 84.6 cm³/mol. The number of carbonyl (C=O) groups excluding carboxylic acids is 2. The van der Waals surface area contributed by atoms with E-state index in [1.807, 2.05) is 37.3 Å². The summed E-state index contributed by atoms with van der Waals surface area (Å²) in [5.74, 6) is -1.83. The molecule has 1 aliphatic heterocycles. The van der Waals surface area contributed by atoms with Gasteiger partial charge in [-0.1, -0.05) is 30.3 Å². The van der Waals surface area contributed by atoms with E-state index in [1.165, 1.54) is 4.90 Å². The Labute approximate surface area is 135 Å². The molecule has 1 heterocycles. The molecule has 1 saturated heterocycles. The first-order chi connectivity index (χ1) is 10.9. The topological polar surface area (TPSA) is 77.9 Å². The van der Waals surface area contributed by atoms with E-state index < -0.39 is 11.9 Å². The van der Waals surface area contributed by atoms with Crippen molar-refractivity contribution < 1.29 is 19.5 Å². The third-order valence-corrected chi connectivity index (χ3v) is 4.28. The number of hydrogen-bond donors (Lipinski definition) is 1. The summed E-state index contributed by atoms with van der Waals surface area (Å²) in [6.45, 7) is 4.01. The zero-order chi connectivity index (χ0) is 17.0. The smallest absolute Gasteiger partial charge is 0.323 e. The second-order valence-corrected chi connectivity index (χ2v) is 5.78. The van der Waals surface area contributed by atoms with Gasteiger partial charge in [0.25, 0.3) is 0 Å². The fourth-order valence-corrected chi connectivity index (χ4v) is 2.95. The van der Waals surface area contributed by atoms with Gasteiger partial charge in [0.05, 0.1) is 12.0 Å². The normalized spacial score (nSPS) is 18.8. The lowest BCUT2D eigenvalue weighted by Gasteiger charge is -2.26. The van der Waals surface area contributed by atoms with E-state index in [1.54, 1.807) is 11.8 Å². The summed E-state index contributed by atoms with van der Waals surface area (Å²) < 4.78 is 0. The fraction of sp³-hybridized carbons (Fsp3) is 0.471. The van der Waals surface area contributed by atoms with Gasteiger partial charge in [-0.3, -0.25) is 14.4 Å². The molecule has 2 rings (SSSR count). The quantitative estimate of drug-likeness (QED) is 0.863. The van der Waals surface area contributed by atoms with Gasteiger partial charge in [-0.15, -0.1) is 0 Å². The van der Waals surface area contributed by atoms with Gasteiger partial charge < -0.3 is 14.9 Å². The molecule has 6 nitrogen and oxygen atoms in total. The first kappa shape index (κ1) is 17.0. The molecule has 0 spiro atoms. The van der Waals surface area contributed by atoms with Crippen LogP contribution >= 0.6 is 0 Å². The number of amides is 2. The highest BCUT2D eigenvalue weighted by atomic mass is 16.4. The van der Waals surface area contributed by atoms with Crippen molar-refractivity contribution in [2.75, 3.05) is 19.6 Å². The number of nitrogens with zero attached hydrogens (tertiary/aromatic N) is 2. The average Bonchev–Trinajstić information content (AvgIpc) is 2.93. The maximum absolute atomic E-state index is 12.4. The molecule has 2 amide bonds. The molecule has 23 heavy (non-hydrogen) atoms. The van der Waals surface area contributed by atoms with Crippen LogP contribution in [-0.2, 0) is 14.4 Å². The number of likely N-dealkylation sites (tertiary alicyclic amines) is 1. The number of likely N-dealkylation sites (N-methyl/N-ethyl adjacent to an activating group) is 1. The second-order valence-electron chi connectivity index (χ2n) is 5.78. The van der Waals surface area contributed by atoms with Crippen molar-refractivity contribution in [1.29, 1.82) is 0 Å². The molecule has 0 bridgehead atoms. The zero-order valence-electron chi connectivity index (χ0n) is 13.4. The van der Waals surface area contributed by atoms with Crippen LogP contribution in [0.2, 0.25) is 0 Å². The highest BCUT2D eigenvalue weighted by Crippen LogP contribution is 2.29. The van der Waals surface area contributed by atoms with Crippen LogP contribution in [0.1, 0.15) is 31.9 Å². The molecule has 1 aliphatic rings. The monoisotopic (exact) mass is 318 g/mol. The minimum atomic E-state index is -1.04. The van der Waals surface area contributed by atoms with Crippen LogP contribution < -0.4 is 0 Å². The number of aliphatic carboxylic acids is 1. The van der Waals surface area contributed by atoms with E-state index >= 15 is 0 Å². The van der Waals surface area contributed by atoms with Crippen LogP contribution in [0.15, 0.2) is 30.3 Å². The number of carboxylic acids is 1. The van der Waals surface area contributed by atoms with E-state index in [0.717, 1.165) is 5.56 Å². The van der Waals surface area contributed by atoms with Crippen molar-refractivity contribution in [3.05, 3.63) is 35.9 Å². The van der Waals surface area contributed by atoms with E-state index in [4.69, 9.17) is 5.11 Å². The van der Waals surface area contributed by atoms with Gasteiger partial charge >= 0.3 is 5.97 Å². The van der Waals surface area contributed by atoms with Crippen molar-refractivity contribution >= 4 is 17.8 Å². The zero-order valence-corrected chi connectivity index (χ0v) is 13.4. The highest BCUT2D eigenvalue weighted by Gasteiger charge is 2.38. The summed E-state index contributed by atoms with van der Waals surface area (Å²) in [5, 5.41) is 8.88. The highest BCUT2D eigenvalue weighted by molar-refractivity contribution is 5.90. The molecule has 2 unspecified atom stereocenters. The summed E-state index contributed by atoms with van der Waals surface area (Å²) in [4.78, 5) is 38.6. The van der Waals surface area contributed by atoms with Gasteiger partial charge in [0, 0.05) is 19.5 Å². The first-order valence-corrected chi connectivity index (χ1v) is 7.79. The van der Waals surface area contributed by atoms with Crippen LogP contribution in [0.4, 0.5) is 0 Å². The lowest BCUT2D eigenvalue weighted by molar-refractivity contribution is -0.146. The lowest BCUT2D eigenvalue weighted by Crippen LogP contribution is -2.40. The van der Waals surface area contributed by atoms with E-state index in [9.17, 15) is 14.4 Å². The Balaban J connectivity index is 2.07. The van der Waals surface area contributed by atoms with E-state index in [0.29, 0.717) is 13.1 Å².